The normalized spacial score (nSPS) is 25.4. The minimum absolute atomic E-state index is 0.0846. The molecule has 2 saturated heterocycles. The lowest BCUT2D eigenvalue weighted by atomic mass is 10.1. The zero-order valence-corrected chi connectivity index (χ0v) is 13.0. The van der Waals surface area contributed by atoms with Crippen molar-refractivity contribution in [3.63, 3.8) is 0 Å². The first-order chi connectivity index (χ1) is 9.50. The highest BCUT2D eigenvalue weighted by atomic mass is 32.2. The van der Waals surface area contributed by atoms with E-state index in [1.54, 1.807) is 4.31 Å². The lowest BCUT2D eigenvalue weighted by Gasteiger charge is -2.32. The van der Waals surface area contributed by atoms with Gasteiger partial charge in [0.2, 0.25) is 5.91 Å². The van der Waals surface area contributed by atoms with Crippen molar-refractivity contribution in [2.45, 2.75) is 51.5 Å². The molecule has 2 heterocycles. The van der Waals surface area contributed by atoms with Crippen LogP contribution in [-0.4, -0.2) is 55.8 Å². The van der Waals surface area contributed by atoms with Crippen molar-refractivity contribution in [2.75, 3.05) is 26.2 Å². The van der Waals surface area contributed by atoms with Crippen molar-refractivity contribution in [3.8, 4) is 0 Å². The fourth-order valence-corrected chi connectivity index (χ4v) is 4.44. The van der Waals surface area contributed by atoms with Crippen LogP contribution in [0.15, 0.2) is 0 Å². The van der Waals surface area contributed by atoms with Gasteiger partial charge < -0.3 is 4.90 Å². The summed E-state index contributed by atoms with van der Waals surface area (Å²) in [6.07, 6.45) is 5.21. The zero-order valence-electron chi connectivity index (χ0n) is 12.2. The standard InChI is InChI=1S/C13H25N3O3S/c1-12-6-2-3-11-16(12)20(18,19)14-8-5-10-15-9-4-7-13(15)17/h12,14H,2-11H2,1H3. The monoisotopic (exact) mass is 303 g/mol. The molecule has 2 fully saturated rings. The zero-order chi connectivity index (χ0) is 14.6. The third-order valence-corrected chi connectivity index (χ3v) is 5.84. The van der Waals surface area contributed by atoms with Crippen LogP contribution < -0.4 is 4.72 Å². The summed E-state index contributed by atoms with van der Waals surface area (Å²) in [5.74, 6) is 0.192. The summed E-state index contributed by atoms with van der Waals surface area (Å²) >= 11 is 0. The van der Waals surface area contributed by atoms with Crippen molar-refractivity contribution in [1.29, 1.82) is 0 Å². The molecule has 2 aliphatic heterocycles. The maximum absolute atomic E-state index is 12.2. The van der Waals surface area contributed by atoms with Crippen LogP contribution in [0.3, 0.4) is 0 Å². The van der Waals surface area contributed by atoms with Crippen LogP contribution in [0.2, 0.25) is 0 Å². The van der Waals surface area contributed by atoms with Gasteiger partial charge in [0.05, 0.1) is 0 Å². The van der Waals surface area contributed by atoms with E-state index >= 15 is 0 Å². The van der Waals surface area contributed by atoms with Crippen molar-refractivity contribution in [3.05, 3.63) is 0 Å². The Labute approximate surface area is 121 Å². The molecule has 7 heteroatoms. The smallest absolute Gasteiger partial charge is 0.279 e. The van der Waals surface area contributed by atoms with Gasteiger partial charge in [0.25, 0.3) is 10.2 Å². The number of likely N-dealkylation sites (tertiary alicyclic amines) is 1. The summed E-state index contributed by atoms with van der Waals surface area (Å²) in [4.78, 5) is 13.3. The van der Waals surface area contributed by atoms with E-state index < -0.39 is 10.2 Å². The van der Waals surface area contributed by atoms with E-state index in [0.29, 0.717) is 32.5 Å². The lowest BCUT2D eigenvalue weighted by molar-refractivity contribution is -0.127. The van der Waals surface area contributed by atoms with Gasteiger partial charge in [-0.3, -0.25) is 4.79 Å². The minimum atomic E-state index is -3.36. The molecular weight excluding hydrogens is 278 g/mol. The summed E-state index contributed by atoms with van der Waals surface area (Å²) < 4.78 is 28.6. The van der Waals surface area contributed by atoms with E-state index in [9.17, 15) is 13.2 Å². The van der Waals surface area contributed by atoms with Gasteiger partial charge in [-0.25, -0.2) is 4.72 Å². The molecule has 0 saturated carbocycles. The predicted octanol–water partition coefficient (Wildman–Crippen LogP) is 0.708. The predicted molar refractivity (Wildman–Crippen MR) is 77.4 cm³/mol. The van der Waals surface area contributed by atoms with Crippen molar-refractivity contribution in [1.82, 2.24) is 13.9 Å². The summed E-state index contributed by atoms with van der Waals surface area (Å²) in [5, 5.41) is 0. The lowest BCUT2D eigenvalue weighted by Crippen LogP contribution is -2.48. The second-order valence-electron chi connectivity index (χ2n) is 5.69. The van der Waals surface area contributed by atoms with Gasteiger partial charge in [0.15, 0.2) is 0 Å². The SMILES string of the molecule is CC1CCCCN1S(=O)(=O)NCCCN1CCCC1=O. The fraction of sp³-hybridized carbons (Fsp3) is 0.923. The Hall–Kier alpha value is -0.660. The van der Waals surface area contributed by atoms with Gasteiger partial charge >= 0.3 is 0 Å². The summed E-state index contributed by atoms with van der Waals surface area (Å²) in [6, 6.07) is 0.0846. The molecule has 0 aromatic carbocycles. The molecule has 20 heavy (non-hydrogen) atoms. The van der Waals surface area contributed by atoms with Crippen molar-refractivity contribution >= 4 is 16.1 Å². The first-order valence-corrected chi connectivity index (χ1v) is 8.99. The topological polar surface area (TPSA) is 69.7 Å². The first-order valence-electron chi connectivity index (χ1n) is 7.55. The van der Waals surface area contributed by atoms with Gasteiger partial charge in [0.1, 0.15) is 0 Å². The van der Waals surface area contributed by atoms with Gasteiger partial charge in [-0.2, -0.15) is 12.7 Å². The quantitative estimate of drug-likeness (QED) is 0.735. The molecule has 1 atom stereocenters. The summed E-state index contributed by atoms with van der Waals surface area (Å²) in [7, 11) is -3.36. The molecule has 6 nitrogen and oxygen atoms in total. The number of amides is 1. The van der Waals surface area contributed by atoms with Crippen LogP contribution in [0.1, 0.15) is 45.4 Å². The third-order valence-electron chi connectivity index (χ3n) is 4.11. The molecule has 0 aliphatic carbocycles. The number of carbonyl (C=O) groups excluding carboxylic acids is 1. The van der Waals surface area contributed by atoms with Crippen LogP contribution in [0.5, 0.6) is 0 Å². The fourth-order valence-electron chi connectivity index (χ4n) is 2.92. The van der Waals surface area contributed by atoms with Crippen LogP contribution in [0, 0.1) is 0 Å². The highest BCUT2D eigenvalue weighted by Gasteiger charge is 2.29. The Kier molecular flexibility index (Phi) is 5.40. The van der Waals surface area contributed by atoms with E-state index in [4.69, 9.17) is 0 Å². The Morgan fingerprint density at radius 3 is 2.70 bits per heavy atom. The van der Waals surface area contributed by atoms with E-state index in [1.807, 2.05) is 11.8 Å². The molecule has 0 radical (unpaired) electrons. The molecule has 1 amide bonds. The van der Waals surface area contributed by atoms with Crippen LogP contribution in [-0.2, 0) is 15.0 Å². The van der Waals surface area contributed by atoms with Crippen LogP contribution in [0.25, 0.3) is 0 Å². The van der Waals surface area contributed by atoms with Gasteiger partial charge in [0, 0.05) is 38.6 Å². The molecule has 0 aromatic rings. The average molecular weight is 303 g/mol. The molecule has 1 unspecified atom stereocenters. The Morgan fingerprint density at radius 2 is 2.05 bits per heavy atom. The second-order valence-corrected chi connectivity index (χ2v) is 7.40. The van der Waals surface area contributed by atoms with Crippen molar-refractivity contribution < 1.29 is 13.2 Å². The molecule has 1 N–H and O–H groups in total. The molecule has 0 aromatic heterocycles. The van der Waals surface area contributed by atoms with E-state index in [-0.39, 0.29) is 11.9 Å². The average Bonchev–Trinajstić information content (AvgIpc) is 2.81. The van der Waals surface area contributed by atoms with Crippen LogP contribution >= 0.6 is 0 Å². The highest BCUT2D eigenvalue weighted by molar-refractivity contribution is 7.87. The molecule has 116 valence electrons. The van der Waals surface area contributed by atoms with Gasteiger partial charge in [-0.05, 0) is 32.6 Å². The van der Waals surface area contributed by atoms with Gasteiger partial charge in [-0.15, -0.1) is 0 Å². The molecule has 2 aliphatic rings. The number of hydrogen-bond acceptors (Lipinski definition) is 3. The van der Waals surface area contributed by atoms with Gasteiger partial charge in [-0.1, -0.05) is 6.42 Å². The second kappa shape index (κ2) is 6.87. The summed E-state index contributed by atoms with van der Waals surface area (Å²) in [5.41, 5.74) is 0. The number of hydrogen-bond donors (Lipinski definition) is 1. The van der Waals surface area contributed by atoms with Crippen molar-refractivity contribution in [2.24, 2.45) is 0 Å². The Bertz CT molecular complexity index is 438. The number of rotatable bonds is 6. The van der Waals surface area contributed by atoms with E-state index in [0.717, 1.165) is 32.2 Å². The maximum atomic E-state index is 12.2. The van der Waals surface area contributed by atoms with Crippen LogP contribution in [0.4, 0.5) is 0 Å². The Balaban J connectivity index is 1.73. The Morgan fingerprint density at radius 1 is 1.25 bits per heavy atom. The maximum Gasteiger partial charge on any atom is 0.279 e. The molecule has 0 spiro atoms. The first kappa shape index (κ1) is 15.7. The van der Waals surface area contributed by atoms with E-state index in [2.05, 4.69) is 4.72 Å². The summed E-state index contributed by atoms with van der Waals surface area (Å²) in [6.45, 7) is 4.43. The molecule has 2 rings (SSSR count). The number of carbonyl (C=O) groups is 1. The molecular formula is C13H25N3O3S. The minimum Gasteiger partial charge on any atom is -0.343 e. The largest absolute Gasteiger partial charge is 0.343 e. The molecule has 0 bridgehead atoms. The van der Waals surface area contributed by atoms with E-state index in [1.165, 1.54) is 0 Å². The third kappa shape index (κ3) is 3.93. The highest BCUT2D eigenvalue weighted by Crippen LogP contribution is 2.19. The number of nitrogens with zero attached hydrogens (tertiary/aromatic N) is 2. The number of nitrogens with one attached hydrogen (secondary N) is 1. The number of piperidine rings is 1.